The summed E-state index contributed by atoms with van der Waals surface area (Å²) in [6, 6.07) is 0. The summed E-state index contributed by atoms with van der Waals surface area (Å²) >= 11 is 0. The van der Waals surface area contributed by atoms with E-state index in [2.05, 4.69) is 27.7 Å². The van der Waals surface area contributed by atoms with Gasteiger partial charge in [-0.25, -0.2) is 4.79 Å². The van der Waals surface area contributed by atoms with Crippen LogP contribution in [0.15, 0.2) is 0 Å². The quantitative estimate of drug-likeness (QED) is 0.0251. The Hall–Kier alpha value is -2.87. The zero-order valence-corrected chi connectivity index (χ0v) is 50.4. The minimum atomic E-state index is -4.42. The Morgan fingerprint density at radius 3 is 0.935 bits per heavy atom. The van der Waals surface area contributed by atoms with Crippen LogP contribution < -0.4 is 0 Å². The third kappa shape index (κ3) is 45.5. The Kier molecular flexibility index (Phi) is 50.5. The number of unbranched alkanes of at least 4 members (excludes halogenated alkanes) is 33. The van der Waals surface area contributed by atoms with Crippen molar-refractivity contribution in [1.82, 2.24) is 0 Å². The molecular formula is C61H113O15P. The number of carbonyl (C=O) groups excluding carboxylic acids is 6. The Morgan fingerprint density at radius 2 is 0.623 bits per heavy atom. The molecule has 0 aliphatic rings. The molecule has 15 nitrogen and oxygen atoms in total. The van der Waals surface area contributed by atoms with Gasteiger partial charge in [0.25, 0.3) is 0 Å². The highest BCUT2D eigenvalue weighted by atomic mass is 31.2. The van der Waals surface area contributed by atoms with Crippen LogP contribution in [-0.2, 0) is 61.8 Å². The van der Waals surface area contributed by atoms with E-state index in [9.17, 15) is 43.1 Å². The molecule has 452 valence electrons. The highest BCUT2D eigenvalue weighted by Crippen LogP contribution is 2.36. The maximum Gasteiger partial charge on any atom is 0.351 e. The molecule has 4 unspecified atom stereocenters. The molecule has 2 N–H and O–H groups in total. The summed E-state index contributed by atoms with van der Waals surface area (Å²) in [4.78, 5) is 104. The van der Waals surface area contributed by atoms with Gasteiger partial charge in [0.2, 0.25) is 12.2 Å². The van der Waals surface area contributed by atoms with Crippen LogP contribution in [0.25, 0.3) is 0 Å². The maximum atomic E-state index is 14.6. The molecule has 0 aliphatic carbocycles. The molecule has 0 saturated carbocycles. The Labute approximate surface area is 467 Å². The fourth-order valence-electron chi connectivity index (χ4n) is 9.38. The Morgan fingerprint density at radius 1 is 0.351 bits per heavy atom. The number of hydrogen-bond acceptors (Lipinski definition) is 13. The molecule has 16 heteroatoms. The standard InChI is InChI=1S/C61H113O15P/c1-6-10-14-18-22-26-30-34-38-45-53(63)73-57(52(62)44-42-43-51-77(68,69)70)58(74-54(64)46-39-35-31-27-23-19-15-11-7-2)59(75-55(65)47-40-36-32-28-24-20-16-12-8-3)60(61(67)72-50-49-71-5)76-56(66)48-41-37-33-29-25-21-17-13-9-4/h57-60H,6-51H2,1-5H3,(H2,68,69,70). The molecule has 0 aromatic carbocycles. The van der Waals surface area contributed by atoms with Crippen molar-refractivity contribution in [2.75, 3.05) is 26.5 Å². The number of ether oxygens (including phenoxy) is 6. The van der Waals surface area contributed by atoms with Crippen molar-refractivity contribution in [3.05, 3.63) is 0 Å². The summed E-state index contributed by atoms with van der Waals surface area (Å²) in [5, 5.41) is 0. The van der Waals surface area contributed by atoms with Crippen molar-refractivity contribution in [3.63, 3.8) is 0 Å². The highest BCUT2D eigenvalue weighted by molar-refractivity contribution is 7.51. The van der Waals surface area contributed by atoms with Crippen LogP contribution in [0.5, 0.6) is 0 Å². The van der Waals surface area contributed by atoms with Gasteiger partial charge in [0.1, 0.15) is 6.61 Å². The average Bonchev–Trinajstić information content (AvgIpc) is 3.39. The van der Waals surface area contributed by atoms with E-state index >= 15 is 0 Å². The van der Waals surface area contributed by atoms with E-state index in [1.54, 1.807) is 0 Å². The molecule has 0 radical (unpaired) electrons. The number of methoxy groups -OCH3 is 1. The normalized spacial score (nSPS) is 13.1. The molecule has 0 rings (SSSR count). The summed E-state index contributed by atoms with van der Waals surface area (Å²) in [6.07, 6.45) is 26.0. The fourth-order valence-corrected chi connectivity index (χ4v) is 10.0. The lowest BCUT2D eigenvalue weighted by atomic mass is 9.96. The molecule has 0 aromatic heterocycles. The largest absolute Gasteiger partial charge is 0.460 e. The first-order valence-corrected chi connectivity index (χ1v) is 33.0. The third-order valence-corrected chi connectivity index (χ3v) is 15.0. The molecule has 0 bridgehead atoms. The molecule has 0 aliphatic heterocycles. The summed E-state index contributed by atoms with van der Waals surface area (Å²) < 4.78 is 46.7. The second-order valence-corrected chi connectivity index (χ2v) is 23.3. The van der Waals surface area contributed by atoms with E-state index in [-0.39, 0.29) is 58.2 Å². The second kappa shape index (κ2) is 52.5. The van der Waals surface area contributed by atoms with Crippen molar-refractivity contribution in [2.24, 2.45) is 0 Å². The molecule has 0 saturated heterocycles. The van der Waals surface area contributed by atoms with Gasteiger partial charge in [-0.3, -0.25) is 28.5 Å². The van der Waals surface area contributed by atoms with E-state index in [4.69, 9.17) is 28.4 Å². The molecule has 0 fully saturated rings. The van der Waals surface area contributed by atoms with E-state index in [0.717, 1.165) is 141 Å². The van der Waals surface area contributed by atoms with Gasteiger partial charge in [-0.1, -0.05) is 233 Å². The highest BCUT2D eigenvalue weighted by Gasteiger charge is 2.50. The molecule has 0 spiro atoms. The lowest BCUT2D eigenvalue weighted by molar-refractivity contribution is -0.207. The topological polar surface area (TPSA) is 215 Å². The Bertz CT molecular complexity index is 1520. The lowest BCUT2D eigenvalue weighted by Gasteiger charge is -2.35. The smallest absolute Gasteiger partial charge is 0.351 e. The molecular weight excluding hydrogens is 1000 g/mol. The molecule has 77 heavy (non-hydrogen) atoms. The molecule has 0 heterocycles. The SMILES string of the molecule is CCCCCCCCCCCC(=O)OC(C(=O)CCCCP(=O)(O)O)C(OC(=O)CCCCCCCCCCC)C(OC(=O)CCCCCCCCCCC)C(OC(=O)CCCCCCCCCCC)C(=O)OCCOC. The maximum absolute atomic E-state index is 14.6. The van der Waals surface area contributed by atoms with Crippen LogP contribution in [0.2, 0.25) is 0 Å². The van der Waals surface area contributed by atoms with Crippen molar-refractivity contribution >= 4 is 43.2 Å². The number of ketones is 1. The van der Waals surface area contributed by atoms with Gasteiger partial charge in [-0.2, -0.15) is 0 Å². The zero-order chi connectivity index (χ0) is 57.0. The van der Waals surface area contributed by atoms with Crippen molar-refractivity contribution < 1.29 is 71.5 Å². The number of carbonyl (C=O) groups is 6. The number of Topliss-reactive ketones (excluding diaryl/α,β-unsaturated/α-hetero) is 1. The van der Waals surface area contributed by atoms with Crippen molar-refractivity contribution in [2.45, 2.75) is 328 Å². The second-order valence-electron chi connectivity index (χ2n) is 21.5. The lowest BCUT2D eigenvalue weighted by Crippen LogP contribution is -2.56. The van der Waals surface area contributed by atoms with E-state index in [1.807, 2.05) is 0 Å². The van der Waals surface area contributed by atoms with Crippen molar-refractivity contribution in [1.29, 1.82) is 0 Å². The predicted octanol–water partition coefficient (Wildman–Crippen LogP) is 15.4. The van der Waals surface area contributed by atoms with Crippen molar-refractivity contribution in [3.8, 4) is 0 Å². The van der Waals surface area contributed by atoms with Gasteiger partial charge in [0, 0.05) is 45.4 Å². The summed E-state index contributed by atoms with van der Waals surface area (Å²) in [5.74, 6) is -5.13. The van der Waals surface area contributed by atoms with E-state index in [0.29, 0.717) is 38.5 Å². The van der Waals surface area contributed by atoms with Crippen LogP contribution in [-0.4, -0.2) is 96.3 Å². The number of esters is 5. The monoisotopic (exact) mass is 1120 g/mol. The van der Waals surface area contributed by atoms with Crippen LogP contribution in [0.3, 0.4) is 0 Å². The minimum Gasteiger partial charge on any atom is -0.460 e. The molecule has 4 atom stereocenters. The number of rotatable bonds is 57. The van der Waals surface area contributed by atoms with Crippen LogP contribution in [0.4, 0.5) is 0 Å². The van der Waals surface area contributed by atoms with Crippen LogP contribution in [0, 0.1) is 0 Å². The molecule has 0 amide bonds. The fraction of sp³-hybridized carbons (Fsp3) is 0.902. The van der Waals surface area contributed by atoms with Gasteiger partial charge in [-0.05, 0) is 38.5 Å². The zero-order valence-electron chi connectivity index (χ0n) is 49.5. The van der Waals surface area contributed by atoms with E-state index < -0.39 is 73.8 Å². The van der Waals surface area contributed by atoms with Gasteiger partial charge >= 0.3 is 37.4 Å². The van der Waals surface area contributed by atoms with Gasteiger partial charge < -0.3 is 38.2 Å². The predicted molar refractivity (Wildman–Crippen MR) is 306 cm³/mol. The minimum absolute atomic E-state index is 0.0305. The first-order valence-electron chi connectivity index (χ1n) is 31.2. The average molecular weight is 1120 g/mol. The third-order valence-electron chi connectivity index (χ3n) is 14.1. The summed E-state index contributed by atoms with van der Waals surface area (Å²) in [7, 11) is -3.01. The summed E-state index contributed by atoms with van der Waals surface area (Å²) in [6.45, 7) is 8.39. The van der Waals surface area contributed by atoms with Crippen LogP contribution in [0.1, 0.15) is 304 Å². The summed E-state index contributed by atoms with van der Waals surface area (Å²) in [5.41, 5.74) is 0. The molecule has 0 aromatic rings. The van der Waals surface area contributed by atoms with E-state index in [1.165, 1.54) is 58.5 Å². The van der Waals surface area contributed by atoms with Crippen LogP contribution >= 0.6 is 7.60 Å². The van der Waals surface area contributed by atoms with Gasteiger partial charge in [0.05, 0.1) is 6.61 Å². The van der Waals surface area contributed by atoms with Gasteiger partial charge in [-0.15, -0.1) is 0 Å². The first-order chi connectivity index (χ1) is 37.2. The first kappa shape index (κ1) is 74.1. The Balaban J connectivity index is 7.23. The van der Waals surface area contributed by atoms with Gasteiger partial charge in [0.15, 0.2) is 18.0 Å². The number of hydrogen-bond donors (Lipinski definition) is 2.